The second-order valence-corrected chi connectivity index (χ2v) is 10.7. The molecule has 1 atom stereocenters. The van der Waals surface area contributed by atoms with Crippen molar-refractivity contribution in [2.24, 2.45) is 17.8 Å². The van der Waals surface area contributed by atoms with Crippen LogP contribution in [0.1, 0.15) is 106 Å². The van der Waals surface area contributed by atoms with E-state index in [0.717, 1.165) is 49.0 Å². The average Bonchev–Trinajstić information content (AvgIpc) is 2.84. The van der Waals surface area contributed by atoms with Crippen molar-refractivity contribution in [1.29, 1.82) is 5.26 Å². The van der Waals surface area contributed by atoms with Gasteiger partial charge in [-0.1, -0.05) is 75.8 Å². The summed E-state index contributed by atoms with van der Waals surface area (Å²) in [5.41, 5.74) is 1.74. The van der Waals surface area contributed by atoms with Gasteiger partial charge < -0.3 is 0 Å². The van der Waals surface area contributed by atoms with Crippen LogP contribution in [0.3, 0.4) is 0 Å². The van der Waals surface area contributed by atoms with Gasteiger partial charge in [0.2, 0.25) is 0 Å². The van der Waals surface area contributed by atoms with Crippen molar-refractivity contribution >= 4 is 0 Å². The molecule has 2 aromatic carbocycles. The summed E-state index contributed by atoms with van der Waals surface area (Å²) in [6.07, 6.45) is 13.8. The van der Waals surface area contributed by atoms with Crippen LogP contribution < -0.4 is 0 Å². The quantitative estimate of drug-likeness (QED) is 0.414. The lowest BCUT2D eigenvalue weighted by Crippen LogP contribution is -2.18. The highest BCUT2D eigenvalue weighted by molar-refractivity contribution is 5.36. The molecule has 0 aliphatic heterocycles. The SMILES string of the molecule is CC(CC1CCC(CCC2CCC(c3cc(F)c(C#N)c(F)c3)CC2)CC1)c1ccccc1. The Kier molecular flexibility index (Phi) is 8.18. The Bertz CT molecular complexity index is 909. The Morgan fingerprint density at radius 2 is 1.33 bits per heavy atom. The second-order valence-electron chi connectivity index (χ2n) is 10.7. The van der Waals surface area contributed by atoms with E-state index in [4.69, 9.17) is 5.26 Å². The summed E-state index contributed by atoms with van der Waals surface area (Å²) in [6.45, 7) is 2.37. The Morgan fingerprint density at radius 1 is 0.818 bits per heavy atom. The Hall–Kier alpha value is -2.21. The minimum absolute atomic E-state index is 0.222. The first-order chi connectivity index (χ1) is 16.0. The highest BCUT2D eigenvalue weighted by atomic mass is 19.1. The second kappa shape index (κ2) is 11.3. The largest absolute Gasteiger partial charge is 0.205 e. The number of hydrogen-bond acceptors (Lipinski definition) is 1. The van der Waals surface area contributed by atoms with E-state index >= 15 is 0 Å². The van der Waals surface area contributed by atoms with Crippen LogP contribution in [0.25, 0.3) is 0 Å². The zero-order valence-electron chi connectivity index (χ0n) is 19.9. The highest BCUT2D eigenvalue weighted by Crippen LogP contribution is 2.41. The van der Waals surface area contributed by atoms with Gasteiger partial charge in [-0.2, -0.15) is 5.26 Å². The third kappa shape index (κ3) is 6.23. The van der Waals surface area contributed by atoms with Gasteiger partial charge in [-0.15, -0.1) is 0 Å². The van der Waals surface area contributed by atoms with Crippen molar-refractivity contribution in [1.82, 2.24) is 0 Å². The molecule has 0 amide bonds. The van der Waals surface area contributed by atoms with Gasteiger partial charge >= 0.3 is 0 Å². The van der Waals surface area contributed by atoms with E-state index in [1.54, 1.807) is 6.07 Å². The van der Waals surface area contributed by atoms with Crippen molar-refractivity contribution in [2.75, 3.05) is 0 Å². The molecule has 2 fully saturated rings. The third-order valence-electron chi connectivity index (χ3n) is 8.50. The highest BCUT2D eigenvalue weighted by Gasteiger charge is 2.27. The number of rotatable bonds is 7. The predicted molar refractivity (Wildman–Crippen MR) is 130 cm³/mol. The van der Waals surface area contributed by atoms with Crippen molar-refractivity contribution in [3.05, 3.63) is 70.8 Å². The van der Waals surface area contributed by atoms with Crippen LogP contribution in [0.2, 0.25) is 0 Å². The summed E-state index contributed by atoms with van der Waals surface area (Å²) < 4.78 is 28.0. The van der Waals surface area contributed by atoms with E-state index in [0.29, 0.717) is 5.92 Å². The molecule has 2 aliphatic rings. The van der Waals surface area contributed by atoms with Gasteiger partial charge in [0.05, 0.1) is 0 Å². The first kappa shape index (κ1) is 23.9. The lowest BCUT2D eigenvalue weighted by atomic mass is 9.73. The summed E-state index contributed by atoms with van der Waals surface area (Å²) in [4.78, 5) is 0. The molecule has 2 saturated carbocycles. The molecule has 1 nitrogen and oxygen atoms in total. The molecule has 0 saturated heterocycles. The summed E-state index contributed by atoms with van der Waals surface area (Å²) in [5, 5.41) is 8.87. The van der Waals surface area contributed by atoms with Crippen molar-refractivity contribution in [3.63, 3.8) is 0 Å². The molecule has 0 radical (unpaired) electrons. The molecule has 0 spiro atoms. The summed E-state index contributed by atoms with van der Waals surface area (Å²) >= 11 is 0. The number of hydrogen-bond donors (Lipinski definition) is 0. The van der Waals surface area contributed by atoms with Crippen molar-refractivity contribution < 1.29 is 8.78 Å². The molecule has 2 aromatic rings. The summed E-state index contributed by atoms with van der Waals surface area (Å²) in [7, 11) is 0. The number of nitriles is 1. The standard InChI is InChI=1S/C30H37F2N/c1-21(25-5-3-2-4-6-25)17-24-11-9-22(10-12-24)7-8-23-13-15-26(16-14-23)27-18-29(31)28(20-33)30(32)19-27/h2-6,18-19,21-24,26H,7-17H2,1H3. The smallest absolute Gasteiger partial charge is 0.144 e. The molecule has 0 heterocycles. The molecular formula is C30H37F2N. The van der Waals surface area contributed by atoms with Crippen LogP contribution in [0.5, 0.6) is 0 Å². The number of benzene rings is 2. The van der Waals surface area contributed by atoms with Crippen LogP contribution in [0.4, 0.5) is 8.78 Å². The Morgan fingerprint density at radius 3 is 1.88 bits per heavy atom. The van der Waals surface area contributed by atoms with Gasteiger partial charge in [0.25, 0.3) is 0 Å². The van der Waals surface area contributed by atoms with Crippen LogP contribution in [-0.2, 0) is 0 Å². The van der Waals surface area contributed by atoms with E-state index in [9.17, 15) is 8.78 Å². The van der Waals surface area contributed by atoms with Crippen LogP contribution >= 0.6 is 0 Å². The molecular weight excluding hydrogens is 412 g/mol. The summed E-state index contributed by atoms with van der Waals surface area (Å²) in [6, 6.07) is 15.3. The monoisotopic (exact) mass is 449 g/mol. The molecule has 3 heteroatoms. The van der Waals surface area contributed by atoms with Gasteiger partial charge in [0.1, 0.15) is 23.3 Å². The average molecular weight is 450 g/mol. The van der Waals surface area contributed by atoms with Crippen LogP contribution in [0.15, 0.2) is 42.5 Å². The van der Waals surface area contributed by atoms with Gasteiger partial charge in [0.15, 0.2) is 0 Å². The third-order valence-corrected chi connectivity index (χ3v) is 8.50. The minimum Gasteiger partial charge on any atom is -0.205 e. The topological polar surface area (TPSA) is 23.8 Å². The number of halogens is 2. The van der Waals surface area contributed by atoms with Gasteiger partial charge in [-0.25, -0.2) is 8.78 Å². The van der Waals surface area contributed by atoms with Crippen LogP contribution in [0, 0.1) is 40.7 Å². The van der Waals surface area contributed by atoms with Crippen LogP contribution in [-0.4, -0.2) is 0 Å². The van der Waals surface area contributed by atoms with E-state index in [-0.39, 0.29) is 5.92 Å². The lowest BCUT2D eigenvalue weighted by molar-refractivity contribution is 0.220. The molecule has 4 rings (SSSR count). The van der Waals surface area contributed by atoms with E-state index < -0.39 is 17.2 Å². The summed E-state index contributed by atoms with van der Waals surface area (Å²) in [5.74, 6) is 1.95. The van der Waals surface area contributed by atoms with Crippen molar-refractivity contribution in [3.8, 4) is 6.07 Å². The molecule has 0 bridgehead atoms. The fourth-order valence-corrected chi connectivity index (χ4v) is 6.36. The minimum atomic E-state index is -0.719. The maximum absolute atomic E-state index is 14.0. The Balaban J connectivity index is 1.16. The van der Waals surface area contributed by atoms with E-state index in [1.165, 1.54) is 62.6 Å². The van der Waals surface area contributed by atoms with E-state index in [2.05, 4.69) is 37.3 Å². The maximum Gasteiger partial charge on any atom is 0.144 e. The Labute approximate surface area is 198 Å². The predicted octanol–water partition coefficient (Wildman–Crippen LogP) is 8.89. The normalized spacial score (nSPS) is 26.5. The molecule has 0 aromatic heterocycles. The molecule has 33 heavy (non-hydrogen) atoms. The van der Waals surface area contributed by atoms with Gasteiger partial charge in [-0.05, 0) is 85.0 Å². The fourth-order valence-electron chi connectivity index (χ4n) is 6.36. The number of nitrogens with zero attached hydrogens (tertiary/aromatic N) is 1. The zero-order valence-corrected chi connectivity index (χ0v) is 19.9. The fraction of sp³-hybridized carbons (Fsp3) is 0.567. The first-order valence-corrected chi connectivity index (χ1v) is 13.0. The van der Waals surface area contributed by atoms with Gasteiger partial charge in [0, 0.05) is 0 Å². The molecule has 2 aliphatic carbocycles. The molecule has 0 N–H and O–H groups in total. The van der Waals surface area contributed by atoms with Gasteiger partial charge in [-0.3, -0.25) is 0 Å². The molecule has 176 valence electrons. The maximum atomic E-state index is 14.0. The van der Waals surface area contributed by atoms with E-state index in [1.807, 2.05) is 0 Å². The van der Waals surface area contributed by atoms with Crippen molar-refractivity contribution in [2.45, 2.75) is 89.4 Å². The first-order valence-electron chi connectivity index (χ1n) is 13.0. The lowest BCUT2D eigenvalue weighted by Gasteiger charge is -2.33. The zero-order chi connectivity index (χ0) is 23.2. The molecule has 1 unspecified atom stereocenters.